The van der Waals surface area contributed by atoms with Crippen LogP contribution in [0.25, 0.3) is 11.0 Å². The highest BCUT2D eigenvalue weighted by Crippen LogP contribution is 2.30. The van der Waals surface area contributed by atoms with Gasteiger partial charge in [-0.1, -0.05) is 24.4 Å². The number of imidazole rings is 1. The number of nitrogens with one attached hydrogen (secondary N) is 2. The molecule has 2 aromatic heterocycles. The van der Waals surface area contributed by atoms with Gasteiger partial charge < -0.3 is 19.7 Å². The lowest BCUT2D eigenvalue weighted by Gasteiger charge is -2.17. The molecule has 2 N–H and O–H groups in total. The van der Waals surface area contributed by atoms with Crippen molar-refractivity contribution in [2.75, 3.05) is 5.32 Å². The maximum absolute atomic E-state index is 12.1. The molecule has 3 aromatic rings. The molecule has 0 unspecified atom stereocenters. The van der Waals surface area contributed by atoms with E-state index in [2.05, 4.69) is 25.8 Å². The first-order valence-corrected chi connectivity index (χ1v) is 8.97. The zero-order chi connectivity index (χ0) is 17.9. The van der Waals surface area contributed by atoms with Gasteiger partial charge in [0.1, 0.15) is 0 Å². The zero-order valence-corrected chi connectivity index (χ0v) is 14.7. The standard InChI is InChI=1S/C18H22N6O2/c1-24-11-20-14-9-13(7-8-15(14)24)21-18(25)19-10-16-22-17(23-26-16)12-5-3-2-4-6-12/h7-9,11-12H,2-6,10H2,1H3,(H2,19,21,25). The van der Waals surface area contributed by atoms with Gasteiger partial charge in [0.2, 0.25) is 5.89 Å². The summed E-state index contributed by atoms with van der Waals surface area (Å²) in [6.07, 6.45) is 7.69. The van der Waals surface area contributed by atoms with Crippen molar-refractivity contribution in [3.63, 3.8) is 0 Å². The number of hydrogen-bond acceptors (Lipinski definition) is 5. The van der Waals surface area contributed by atoms with Crippen LogP contribution >= 0.6 is 0 Å². The first-order valence-electron chi connectivity index (χ1n) is 8.97. The smallest absolute Gasteiger partial charge is 0.319 e. The summed E-state index contributed by atoms with van der Waals surface area (Å²) in [6, 6.07) is 5.28. The van der Waals surface area contributed by atoms with Gasteiger partial charge >= 0.3 is 6.03 Å². The number of amides is 2. The number of urea groups is 1. The molecule has 0 aliphatic heterocycles. The van der Waals surface area contributed by atoms with Crippen LogP contribution in [0.15, 0.2) is 29.0 Å². The SMILES string of the molecule is Cn1cnc2cc(NC(=O)NCc3nc(C4CCCCC4)no3)ccc21. The van der Waals surface area contributed by atoms with Crippen molar-refractivity contribution in [3.05, 3.63) is 36.2 Å². The monoisotopic (exact) mass is 354 g/mol. The minimum atomic E-state index is -0.322. The van der Waals surface area contributed by atoms with Crippen molar-refractivity contribution in [1.29, 1.82) is 0 Å². The molecule has 1 aromatic carbocycles. The molecule has 1 fully saturated rings. The molecule has 0 saturated heterocycles. The van der Waals surface area contributed by atoms with Crippen LogP contribution in [-0.2, 0) is 13.6 Å². The Morgan fingerprint density at radius 1 is 1.31 bits per heavy atom. The fourth-order valence-corrected chi connectivity index (χ4v) is 3.41. The normalized spacial score (nSPS) is 15.3. The summed E-state index contributed by atoms with van der Waals surface area (Å²) in [4.78, 5) is 20.8. The molecule has 2 amide bonds. The Morgan fingerprint density at radius 2 is 2.15 bits per heavy atom. The van der Waals surface area contributed by atoms with Crippen molar-refractivity contribution in [2.24, 2.45) is 7.05 Å². The highest BCUT2D eigenvalue weighted by atomic mass is 16.5. The Bertz CT molecular complexity index is 909. The topological polar surface area (TPSA) is 97.9 Å². The highest BCUT2D eigenvalue weighted by molar-refractivity contribution is 5.91. The first-order chi connectivity index (χ1) is 12.7. The van der Waals surface area contributed by atoms with Crippen LogP contribution < -0.4 is 10.6 Å². The average molecular weight is 354 g/mol. The number of fused-ring (bicyclic) bond motifs is 1. The van der Waals surface area contributed by atoms with Gasteiger partial charge in [0.15, 0.2) is 5.82 Å². The number of aromatic nitrogens is 4. The van der Waals surface area contributed by atoms with Crippen molar-refractivity contribution in [3.8, 4) is 0 Å². The molecule has 4 rings (SSSR count). The summed E-state index contributed by atoms with van der Waals surface area (Å²) in [6.45, 7) is 0.206. The predicted molar refractivity (Wildman–Crippen MR) is 96.7 cm³/mol. The number of hydrogen-bond donors (Lipinski definition) is 2. The Morgan fingerprint density at radius 3 is 3.00 bits per heavy atom. The minimum absolute atomic E-state index is 0.206. The molecule has 1 aliphatic rings. The number of benzene rings is 1. The van der Waals surface area contributed by atoms with Crippen LogP contribution in [0.5, 0.6) is 0 Å². The van der Waals surface area contributed by atoms with Crippen LogP contribution in [0.1, 0.15) is 49.7 Å². The number of carbonyl (C=O) groups excluding carboxylic acids is 1. The van der Waals surface area contributed by atoms with Gasteiger partial charge in [0, 0.05) is 18.7 Å². The lowest BCUT2D eigenvalue weighted by atomic mass is 9.89. The fourth-order valence-electron chi connectivity index (χ4n) is 3.41. The molecule has 1 saturated carbocycles. The second-order valence-corrected chi connectivity index (χ2v) is 6.75. The van der Waals surface area contributed by atoms with E-state index >= 15 is 0 Å². The van der Waals surface area contributed by atoms with E-state index < -0.39 is 0 Å². The molecule has 26 heavy (non-hydrogen) atoms. The van der Waals surface area contributed by atoms with Crippen molar-refractivity contribution >= 4 is 22.8 Å². The number of nitrogens with zero attached hydrogens (tertiary/aromatic N) is 4. The maximum Gasteiger partial charge on any atom is 0.319 e. The molecule has 1 aliphatic carbocycles. The largest absolute Gasteiger partial charge is 0.337 e. The molecule has 8 heteroatoms. The summed E-state index contributed by atoms with van der Waals surface area (Å²) in [5.74, 6) is 1.59. The Labute approximate surface area is 151 Å². The average Bonchev–Trinajstić information content (AvgIpc) is 3.28. The third kappa shape index (κ3) is 3.54. The number of anilines is 1. The molecule has 8 nitrogen and oxygen atoms in total. The second-order valence-electron chi connectivity index (χ2n) is 6.75. The van der Waals surface area contributed by atoms with Gasteiger partial charge in [-0.05, 0) is 31.0 Å². The van der Waals surface area contributed by atoms with Crippen molar-refractivity contribution < 1.29 is 9.32 Å². The predicted octanol–water partition coefficient (Wildman–Crippen LogP) is 3.33. The second kappa shape index (κ2) is 7.15. The molecule has 2 heterocycles. The van der Waals surface area contributed by atoms with Crippen LogP contribution in [0.3, 0.4) is 0 Å². The van der Waals surface area contributed by atoms with E-state index in [9.17, 15) is 4.79 Å². The van der Waals surface area contributed by atoms with Crippen LogP contribution in [0.4, 0.5) is 10.5 Å². The van der Waals surface area contributed by atoms with Crippen LogP contribution in [-0.4, -0.2) is 25.7 Å². The van der Waals surface area contributed by atoms with Gasteiger partial charge in [-0.25, -0.2) is 9.78 Å². The molecular weight excluding hydrogens is 332 g/mol. The quantitative estimate of drug-likeness (QED) is 0.749. The molecule has 136 valence electrons. The van der Waals surface area contributed by atoms with Gasteiger partial charge in [0.25, 0.3) is 0 Å². The molecule has 0 spiro atoms. The summed E-state index contributed by atoms with van der Waals surface area (Å²) in [5.41, 5.74) is 2.53. The number of aryl methyl sites for hydroxylation is 1. The van der Waals surface area contributed by atoms with Gasteiger partial charge in [0.05, 0.1) is 23.9 Å². The van der Waals surface area contributed by atoms with E-state index in [1.165, 1.54) is 19.3 Å². The van der Waals surface area contributed by atoms with E-state index in [0.29, 0.717) is 17.5 Å². The lowest BCUT2D eigenvalue weighted by Crippen LogP contribution is -2.28. The van der Waals surface area contributed by atoms with E-state index in [1.807, 2.05) is 29.8 Å². The lowest BCUT2D eigenvalue weighted by molar-refractivity contribution is 0.249. The van der Waals surface area contributed by atoms with E-state index in [0.717, 1.165) is 29.7 Å². The van der Waals surface area contributed by atoms with Crippen molar-refractivity contribution in [2.45, 2.75) is 44.6 Å². The van der Waals surface area contributed by atoms with E-state index in [-0.39, 0.29) is 12.6 Å². The van der Waals surface area contributed by atoms with Crippen LogP contribution in [0.2, 0.25) is 0 Å². The third-order valence-electron chi connectivity index (χ3n) is 4.84. The van der Waals surface area contributed by atoms with Crippen molar-refractivity contribution in [1.82, 2.24) is 25.0 Å². The Hall–Kier alpha value is -2.90. The summed E-state index contributed by atoms with van der Waals surface area (Å²) in [7, 11) is 1.93. The van der Waals surface area contributed by atoms with Gasteiger partial charge in [-0.2, -0.15) is 4.98 Å². The van der Waals surface area contributed by atoms with E-state index in [4.69, 9.17) is 4.52 Å². The van der Waals surface area contributed by atoms with Gasteiger partial charge in [-0.3, -0.25) is 0 Å². The highest BCUT2D eigenvalue weighted by Gasteiger charge is 2.21. The maximum atomic E-state index is 12.1. The van der Waals surface area contributed by atoms with E-state index in [1.54, 1.807) is 6.33 Å². The molecule has 0 radical (unpaired) electrons. The summed E-state index contributed by atoms with van der Waals surface area (Å²) >= 11 is 0. The third-order valence-corrected chi connectivity index (χ3v) is 4.84. The summed E-state index contributed by atoms with van der Waals surface area (Å²) < 4.78 is 7.19. The molecule has 0 atom stereocenters. The number of rotatable bonds is 4. The Balaban J connectivity index is 1.32. The molecule has 0 bridgehead atoms. The fraction of sp³-hybridized carbons (Fsp3) is 0.444. The molecular formula is C18H22N6O2. The minimum Gasteiger partial charge on any atom is -0.337 e. The van der Waals surface area contributed by atoms with Gasteiger partial charge in [-0.15, -0.1) is 0 Å². The summed E-state index contributed by atoms with van der Waals surface area (Å²) in [5, 5.41) is 9.61. The number of carbonyl (C=O) groups is 1. The first kappa shape index (κ1) is 16.6. The Kier molecular flexibility index (Phi) is 4.55. The van der Waals surface area contributed by atoms with Crippen LogP contribution in [0, 0.1) is 0 Å². The zero-order valence-electron chi connectivity index (χ0n) is 14.7.